The molecular weight excluding hydrogens is 307 g/mol. The van der Waals surface area contributed by atoms with Gasteiger partial charge in [-0.25, -0.2) is 4.39 Å². The standard InChI is InChI=1S/C19H21FN2O2/c20-17-8-4-5-9-18(17)24-14-19(23)21-16-10-11-22(13-16)12-15-6-2-1-3-7-15/h1-9,16H,10-14H2,(H,21,23). The van der Waals surface area contributed by atoms with Gasteiger partial charge in [-0.2, -0.15) is 0 Å². The summed E-state index contributed by atoms with van der Waals surface area (Å²) in [6.45, 7) is 2.49. The minimum absolute atomic E-state index is 0.102. The first-order chi connectivity index (χ1) is 11.7. The molecule has 1 saturated heterocycles. The maximum atomic E-state index is 13.4. The summed E-state index contributed by atoms with van der Waals surface area (Å²) in [6.07, 6.45) is 0.915. The van der Waals surface area contributed by atoms with Crippen molar-refractivity contribution < 1.29 is 13.9 Å². The summed E-state index contributed by atoms with van der Waals surface area (Å²) >= 11 is 0. The van der Waals surface area contributed by atoms with Crippen LogP contribution in [-0.4, -0.2) is 36.5 Å². The molecule has 2 aromatic rings. The van der Waals surface area contributed by atoms with E-state index < -0.39 is 5.82 Å². The number of nitrogens with one attached hydrogen (secondary N) is 1. The number of likely N-dealkylation sites (tertiary alicyclic amines) is 1. The van der Waals surface area contributed by atoms with Gasteiger partial charge in [0.2, 0.25) is 0 Å². The van der Waals surface area contributed by atoms with E-state index in [1.54, 1.807) is 12.1 Å². The highest BCUT2D eigenvalue weighted by atomic mass is 19.1. The van der Waals surface area contributed by atoms with E-state index in [-0.39, 0.29) is 24.3 Å². The van der Waals surface area contributed by atoms with Crippen LogP contribution in [0.25, 0.3) is 0 Å². The number of ether oxygens (including phenoxy) is 1. The third-order valence-electron chi connectivity index (χ3n) is 4.08. The van der Waals surface area contributed by atoms with Crippen LogP contribution in [-0.2, 0) is 11.3 Å². The second-order valence-electron chi connectivity index (χ2n) is 5.99. The number of hydrogen-bond donors (Lipinski definition) is 1. The van der Waals surface area contributed by atoms with Crippen molar-refractivity contribution in [2.24, 2.45) is 0 Å². The van der Waals surface area contributed by atoms with E-state index in [9.17, 15) is 9.18 Å². The Labute approximate surface area is 141 Å². The number of hydrogen-bond acceptors (Lipinski definition) is 3. The Morgan fingerprint density at radius 3 is 2.71 bits per heavy atom. The van der Waals surface area contributed by atoms with Gasteiger partial charge in [-0.3, -0.25) is 9.69 Å². The van der Waals surface area contributed by atoms with Crippen LogP contribution < -0.4 is 10.1 Å². The Bertz CT molecular complexity index is 678. The van der Waals surface area contributed by atoms with Crippen molar-refractivity contribution in [3.8, 4) is 5.75 Å². The first-order valence-corrected chi connectivity index (χ1v) is 8.13. The molecule has 1 fully saturated rings. The average Bonchev–Trinajstić information content (AvgIpc) is 3.02. The second kappa shape index (κ2) is 7.93. The van der Waals surface area contributed by atoms with Crippen molar-refractivity contribution in [2.45, 2.75) is 19.0 Å². The molecule has 1 unspecified atom stereocenters. The fourth-order valence-electron chi connectivity index (χ4n) is 2.91. The van der Waals surface area contributed by atoms with E-state index in [1.165, 1.54) is 17.7 Å². The zero-order valence-electron chi connectivity index (χ0n) is 13.5. The van der Waals surface area contributed by atoms with Crippen LogP contribution in [0.15, 0.2) is 54.6 Å². The Hall–Kier alpha value is -2.40. The maximum absolute atomic E-state index is 13.4. The molecule has 5 heteroatoms. The van der Waals surface area contributed by atoms with E-state index in [2.05, 4.69) is 22.3 Å². The molecule has 1 atom stereocenters. The molecule has 1 amide bonds. The highest BCUT2D eigenvalue weighted by molar-refractivity contribution is 5.77. The number of rotatable bonds is 6. The second-order valence-corrected chi connectivity index (χ2v) is 5.99. The smallest absolute Gasteiger partial charge is 0.258 e. The van der Waals surface area contributed by atoms with E-state index in [1.807, 2.05) is 18.2 Å². The summed E-state index contributed by atoms with van der Waals surface area (Å²) in [5.41, 5.74) is 1.27. The van der Waals surface area contributed by atoms with Gasteiger partial charge < -0.3 is 10.1 Å². The topological polar surface area (TPSA) is 41.6 Å². The lowest BCUT2D eigenvalue weighted by molar-refractivity contribution is -0.123. The van der Waals surface area contributed by atoms with Gasteiger partial charge in [0.05, 0.1) is 0 Å². The predicted molar refractivity (Wildman–Crippen MR) is 90.2 cm³/mol. The molecule has 1 aliphatic rings. The van der Waals surface area contributed by atoms with Gasteiger partial charge in [0.15, 0.2) is 18.2 Å². The number of para-hydroxylation sites is 1. The molecule has 126 valence electrons. The molecule has 2 aromatic carbocycles. The summed E-state index contributed by atoms with van der Waals surface area (Å²) in [7, 11) is 0. The highest BCUT2D eigenvalue weighted by Gasteiger charge is 2.23. The van der Waals surface area contributed by atoms with Crippen LogP contribution in [0.4, 0.5) is 4.39 Å². The SMILES string of the molecule is O=C(COc1ccccc1F)NC1CCN(Cc2ccccc2)C1. The van der Waals surface area contributed by atoms with Crippen molar-refractivity contribution in [1.82, 2.24) is 10.2 Å². The molecule has 0 bridgehead atoms. The van der Waals surface area contributed by atoms with Gasteiger partial charge in [-0.15, -0.1) is 0 Å². The van der Waals surface area contributed by atoms with Crippen LogP contribution in [0.1, 0.15) is 12.0 Å². The van der Waals surface area contributed by atoms with Crippen molar-refractivity contribution in [1.29, 1.82) is 0 Å². The summed E-state index contributed by atoms with van der Waals surface area (Å²) in [5, 5.41) is 2.96. The van der Waals surface area contributed by atoms with Crippen LogP contribution >= 0.6 is 0 Å². The molecule has 0 aliphatic carbocycles. The molecule has 0 saturated carbocycles. The molecule has 0 aromatic heterocycles. The van der Waals surface area contributed by atoms with E-state index in [0.29, 0.717) is 0 Å². The van der Waals surface area contributed by atoms with Crippen molar-refractivity contribution in [3.05, 3.63) is 66.0 Å². The monoisotopic (exact) mass is 328 g/mol. The highest BCUT2D eigenvalue weighted by Crippen LogP contribution is 2.16. The summed E-state index contributed by atoms with van der Waals surface area (Å²) in [6, 6.07) is 16.5. The first-order valence-electron chi connectivity index (χ1n) is 8.13. The normalized spacial score (nSPS) is 17.6. The van der Waals surface area contributed by atoms with Crippen LogP contribution in [0.5, 0.6) is 5.75 Å². The minimum Gasteiger partial charge on any atom is -0.481 e. The summed E-state index contributed by atoms with van der Waals surface area (Å²) < 4.78 is 18.7. The summed E-state index contributed by atoms with van der Waals surface area (Å²) in [4.78, 5) is 14.3. The number of carbonyl (C=O) groups is 1. The van der Waals surface area contributed by atoms with E-state index in [0.717, 1.165) is 26.1 Å². The van der Waals surface area contributed by atoms with E-state index >= 15 is 0 Å². The van der Waals surface area contributed by atoms with Gasteiger partial charge in [-0.1, -0.05) is 42.5 Å². The largest absolute Gasteiger partial charge is 0.481 e. The molecule has 4 nitrogen and oxygen atoms in total. The third kappa shape index (κ3) is 4.55. The third-order valence-corrected chi connectivity index (χ3v) is 4.08. The molecule has 24 heavy (non-hydrogen) atoms. The molecular formula is C19H21FN2O2. The lowest BCUT2D eigenvalue weighted by Crippen LogP contribution is -2.39. The van der Waals surface area contributed by atoms with Gasteiger partial charge in [0.25, 0.3) is 5.91 Å². The number of halogens is 1. The van der Waals surface area contributed by atoms with Gasteiger partial charge in [0.1, 0.15) is 0 Å². The number of benzene rings is 2. The lowest BCUT2D eigenvalue weighted by Gasteiger charge is -2.17. The lowest BCUT2D eigenvalue weighted by atomic mass is 10.2. The van der Waals surface area contributed by atoms with Gasteiger partial charge in [-0.05, 0) is 24.1 Å². The van der Waals surface area contributed by atoms with Crippen molar-refractivity contribution >= 4 is 5.91 Å². The fourth-order valence-corrected chi connectivity index (χ4v) is 2.91. The minimum atomic E-state index is -0.458. The van der Waals surface area contributed by atoms with Crippen LogP contribution in [0.3, 0.4) is 0 Å². The number of amides is 1. The Morgan fingerprint density at radius 2 is 1.92 bits per heavy atom. The van der Waals surface area contributed by atoms with Crippen LogP contribution in [0.2, 0.25) is 0 Å². The maximum Gasteiger partial charge on any atom is 0.258 e. The number of nitrogens with zero attached hydrogens (tertiary/aromatic N) is 1. The Morgan fingerprint density at radius 1 is 1.17 bits per heavy atom. The molecule has 1 N–H and O–H groups in total. The molecule has 1 heterocycles. The van der Waals surface area contributed by atoms with Crippen LogP contribution in [0, 0.1) is 5.82 Å². The molecule has 3 rings (SSSR count). The zero-order chi connectivity index (χ0) is 16.8. The van der Waals surface area contributed by atoms with E-state index in [4.69, 9.17) is 4.74 Å². The Balaban J connectivity index is 1.42. The van der Waals surface area contributed by atoms with Gasteiger partial charge >= 0.3 is 0 Å². The first kappa shape index (κ1) is 16.5. The van der Waals surface area contributed by atoms with Gasteiger partial charge in [0, 0.05) is 25.7 Å². The predicted octanol–water partition coefficient (Wildman–Crippen LogP) is 2.60. The fraction of sp³-hybridized carbons (Fsp3) is 0.316. The molecule has 0 radical (unpaired) electrons. The Kier molecular flexibility index (Phi) is 5.43. The number of carbonyl (C=O) groups excluding carboxylic acids is 1. The van der Waals surface area contributed by atoms with Crippen molar-refractivity contribution in [3.63, 3.8) is 0 Å². The van der Waals surface area contributed by atoms with Crippen molar-refractivity contribution in [2.75, 3.05) is 19.7 Å². The molecule has 0 spiro atoms. The quantitative estimate of drug-likeness (QED) is 0.886. The molecule has 1 aliphatic heterocycles. The zero-order valence-corrected chi connectivity index (χ0v) is 13.5. The average molecular weight is 328 g/mol. The summed E-state index contributed by atoms with van der Waals surface area (Å²) in [5.74, 6) is -0.574.